The molecular weight excluding hydrogens is 228 g/mol. The highest BCUT2D eigenvalue weighted by atomic mass is 35.5. The van der Waals surface area contributed by atoms with Gasteiger partial charge in [-0.15, -0.1) is 0 Å². The van der Waals surface area contributed by atoms with Crippen molar-refractivity contribution < 1.29 is 9.50 Å². The maximum absolute atomic E-state index is 13.2. The van der Waals surface area contributed by atoms with Gasteiger partial charge in [0.2, 0.25) is 0 Å². The Kier molecular flexibility index (Phi) is 3.72. The van der Waals surface area contributed by atoms with Crippen LogP contribution in [0.3, 0.4) is 0 Å². The SMILES string of the molecule is C[C@@H](N)[C@@H](O)c1ccc(Cl)c(F)c1Cl. The second-order valence-corrected chi connectivity index (χ2v) is 3.85. The summed E-state index contributed by atoms with van der Waals surface area (Å²) in [7, 11) is 0. The lowest BCUT2D eigenvalue weighted by molar-refractivity contribution is 0.153. The van der Waals surface area contributed by atoms with Crippen LogP contribution in [0.1, 0.15) is 18.6 Å². The third-order valence-electron chi connectivity index (χ3n) is 1.88. The lowest BCUT2D eigenvalue weighted by Crippen LogP contribution is -2.24. The molecule has 14 heavy (non-hydrogen) atoms. The van der Waals surface area contributed by atoms with Gasteiger partial charge in [0.1, 0.15) is 0 Å². The van der Waals surface area contributed by atoms with Crippen LogP contribution < -0.4 is 5.73 Å². The molecule has 0 amide bonds. The summed E-state index contributed by atoms with van der Waals surface area (Å²) in [6, 6.07) is 2.28. The number of nitrogens with two attached hydrogens (primary N) is 1. The summed E-state index contributed by atoms with van der Waals surface area (Å²) in [6.45, 7) is 1.60. The molecule has 0 radical (unpaired) electrons. The molecule has 0 saturated carbocycles. The molecular formula is C9H10Cl2FNO. The minimum Gasteiger partial charge on any atom is -0.387 e. The third-order valence-corrected chi connectivity index (χ3v) is 2.56. The van der Waals surface area contributed by atoms with Crippen LogP contribution in [0.5, 0.6) is 0 Å². The van der Waals surface area contributed by atoms with E-state index in [9.17, 15) is 9.50 Å². The Balaban J connectivity index is 3.17. The lowest BCUT2D eigenvalue weighted by atomic mass is 10.0. The minimum absolute atomic E-state index is 0.0735. The molecule has 0 heterocycles. The highest BCUT2D eigenvalue weighted by molar-refractivity contribution is 6.35. The van der Waals surface area contributed by atoms with E-state index in [0.29, 0.717) is 0 Å². The van der Waals surface area contributed by atoms with Crippen LogP contribution >= 0.6 is 23.2 Å². The van der Waals surface area contributed by atoms with Crippen LogP contribution in [-0.2, 0) is 0 Å². The monoisotopic (exact) mass is 237 g/mol. The van der Waals surface area contributed by atoms with E-state index in [1.807, 2.05) is 0 Å². The van der Waals surface area contributed by atoms with E-state index in [1.165, 1.54) is 12.1 Å². The van der Waals surface area contributed by atoms with Crippen molar-refractivity contribution in [3.05, 3.63) is 33.6 Å². The van der Waals surface area contributed by atoms with Gasteiger partial charge in [0, 0.05) is 11.6 Å². The first-order valence-corrected chi connectivity index (χ1v) is 4.77. The highest BCUT2D eigenvalue weighted by Crippen LogP contribution is 2.31. The zero-order chi connectivity index (χ0) is 10.9. The Hall–Kier alpha value is -0.350. The lowest BCUT2D eigenvalue weighted by Gasteiger charge is -2.16. The standard InChI is InChI=1S/C9H10Cl2FNO/c1-4(13)9(14)5-2-3-6(10)8(12)7(5)11/h2-4,9,14H,13H2,1H3/t4-,9-/m1/s1. The van der Waals surface area contributed by atoms with Crippen molar-refractivity contribution in [1.82, 2.24) is 0 Å². The fraction of sp³-hybridized carbons (Fsp3) is 0.333. The number of aliphatic hydroxyl groups excluding tert-OH is 1. The molecule has 0 unspecified atom stereocenters. The van der Waals surface area contributed by atoms with Gasteiger partial charge >= 0.3 is 0 Å². The summed E-state index contributed by atoms with van der Waals surface area (Å²) >= 11 is 11.2. The molecule has 0 aliphatic carbocycles. The van der Waals surface area contributed by atoms with E-state index in [2.05, 4.69) is 0 Å². The Labute approximate surface area is 91.4 Å². The summed E-state index contributed by atoms with van der Waals surface area (Å²) in [6.07, 6.45) is -0.991. The molecule has 2 atom stereocenters. The average molecular weight is 238 g/mol. The van der Waals surface area contributed by atoms with Gasteiger partial charge in [-0.1, -0.05) is 29.3 Å². The summed E-state index contributed by atoms with van der Waals surface area (Å²) in [5, 5.41) is 9.32. The molecule has 0 aromatic heterocycles. The van der Waals surface area contributed by atoms with Gasteiger partial charge in [-0.2, -0.15) is 0 Å². The van der Waals surface area contributed by atoms with Crippen molar-refractivity contribution in [2.75, 3.05) is 0 Å². The summed E-state index contributed by atoms with van der Waals surface area (Å²) in [5.41, 5.74) is 5.71. The normalized spacial score (nSPS) is 15.3. The van der Waals surface area contributed by atoms with E-state index in [4.69, 9.17) is 28.9 Å². The predicted molar refractivity (Wildman–Crippen MR) is 55.0 cm³/mol. The Morgan fingerprint density at radius 3 is 2.50 bits per heavy atom. The van der Waals surface area contributed by atoms with Crippen molar-refractivity contribution in [3.8, 4) is 0 Å². The Bertz CT molecular complexity index is 344. The number of rotatable bonds is 2. The first-order valence-electron chi connectivity index (χ1n) is 4.02. The average Bonchev–Trinajstić information content (AvgIpc) is 2.13. The van der Waals surface area contributed by atoms with Crippen molar-refractivity contribution in [1.29, 1.82) is 0 Å². The van der Waals surface area contributed by atoms with Crippen molar-refractivity contribution in [2.45, 2.75) is 19.1 Å². The molecule has 5 heteroatoms. The largest absolute Gasteiger partial charge is 0.387 e. The van der Waals surface area contributed by atoms with E-state index in [1.54, 1.807) is 6.92 Å². The zero-order valence-corrected chi connectivity index (χ0v) is 8.98. The van der Waals surface area contributed by atoms with E-state index >= 15 is 0 Å². The third kappa shape index (κ3) is 2.17. The second kappa shape index (κ2) is 4.45. The quantitative estimate of drug-likeness (QED) is 0.777. The Morgan fingerprint density at radius 1 is 1.43 bits per heavy atom. The fourth-order valence-corrected chi connectivity index (χ4v) is 1.53. The molecule has 1 aromatic rings. The molecule has 0 spiro atoms. The van der Waals surface area contributed by atoms with Gasteiger partial charge in [-0.05, 0) is 13.0 Å². The summed E-state index contributed by atoms with van der Waals surface area (Å²) < 4.78 is 13.2. The molecule has 1 rings (SSSR count). The van der Waals surface area contributed by atoms with E-state index in [-0.39, 0.29) is 15.6 Å². The van der Waals surface area contributed by atoms with Crippen LogP contribution in [-0.4, -0.2) is 11.1 Å². The molecule has 2 nitrogen and oxygen atoms in total. The first kappa shape index (κ1) is 11.7. The number of hydrogen-bond acceptors (Lipinski definition) is 2. The van der Waals surface area contributed by atoms with E-state index < -0.39 is 18.0 Å². The number of hydrogen-bond donors (Lipinski definition) is 2. The molecule has 1 aromatic carbocycles. The van der Waals surface area contributed by atoms with Gasteiger partial charge in [-0.3, -0.25) is 0 Å². The zero-order valence-electron chi connectivity index (χ0n) is 7.47. The first-order chi connectivity index (χ1) is 6.45. The summed E-state index contributed by atoms with van der Waals surface area (Å²) in [5.74, 6) is -0.731. The smallest absolute Gasteiger partial charge is 0.160 e. The molecule has 3 N–H and O–H groups in total. The maximum Gasteiger partial charge on any atom is 0.160 e. The number of aliphatic hydroxyl groups is 1. The van der Waals surface area contributed by atoms with Gasteiger partial charge in [0.25, 0.3) is 0 Å². The number of halogens is 3. The van der Waals surface area contributed by atoms with Gasteiger partial charge in [0.05, 0.1) is 16.1 Å². The molecule has 0 aliphatic rings. The van der Waals surface area contributed by atoms with Crippen LogP contribution in [0.25, 0.3) is 0 Å². The minimum atomic E-state index is -0.991. The predicted octanol–water partition coefficient (Wildman–Crippen LogP) is 2.51. The molecule has 0 saturated heterocycles. The van der Waals surface area contributed by atoms with Crippen LogP contribution in [0.15, 0.2) is 12.1 Å². The van der Waals surface area contributed by atoms with Crippen molar-refractivity contribution in [3.63, 3.8) is 0 Å². The van der Waals surface area contributed by atoms with Crippen LogP contribution in [0.4, 0.5) is 4.39 Å². The van der Waals surface area contributed by atoms with Crippen molar-refractivity contribution in [2.24, 2.45) is 5.73 Å². The second-order valence-electron chi connectivity index (χ2n) is 3.07. The van der Waals surface area contributed by atoms with Crippen LogP contribution in [0, 0.1) is 5.82 Å². The number of benzene rings is 1. The topological polar surface area (TPSA) is 46.2 Å². The van der Waals surface area contributed by atoms with Crippen molar-refractivity contribution >= 4 is 23.2 Å². The van der Waals surface area contributed by atoms with Crippen LogP contribution in [0.2, 0.25) is 10.0 Å². The van der Waals surface area contributed by atoms with Gasteiger partial charge < -0.3 is 10.8 Å². The maximum atomic E-state index is 13.2. The molecule has 0 aliphatic heterocycles. The molecule has 78 valence electrons. The van der Waals surface area contributed by atoms with E-state index in [0.717, 1.165) is 0 Å². The van der Waals surface area contributed by atoms with Gasteiger partial charge in [0.15, 0.2) is 5.82 Å². The molecule has 0 bridgehead atoms. The summed E-state index contributed by atoms with van der Waals surface area (Å²) in [4.78, 5) is 0. The highest BCUT2D eigenvalue weighted by Gasteiger charge is 2.19. The molecule has 0 fully saturated rings. The fourth-order valence-electron chi connectivity index (χ4n) is 1.05. The van der Waals surface area contributed by atoms with Gasteiger partial charge in [-0.25, -0.2) is 4.39 Å². The Morgan fingerprint density at radius 2 is 2.00 bits per heavy atom.